The molecular formula is C12H21N5. The summed E-state index contributed by atoms with van der Waals surface area (Å²) >= 11 is 0. The Labute approximate surface area is 103 Å². The maximum atomic E-state index is 4.36. The Balaban J connectivity index is 2.03. The third-order valence-electron chi connectivity index (χ3n) is 2.87. The number of nitrogens with one attached hydrogen (secondary N) is 2. The van der Waals surface area contributed by atoms with Crippen LogP contribution in [-0.2, 0) is 0 Å². The Morgan fingerprint density at radius 2 is 2.29 bits per heavy atom. The summed E-state index contributed by atoms with van der Waals surface area (Å²) in [5.41, 5.74) is 0. The second kappa shape index (κ2) is 6.39. The van der Waals surface area contributed by atoms with Crippen LogP contribution in [-0.4, -0.2) is 42.7 Å². The van der Waals surface area contributed by atoms with Crippen molar-refractivity contribution < 1.29 is 0 Å². The fourth-order valence-electron chi connectivity index (χ4n) is 1.94. The van der Waals surface area contributed by atoms with Crippen molar-refractivity contribution in [1.82, 2.24) is 15.3 Å². The first kappa shape index (κ1) is 12.1. The van der Waals surface area contributed by atoms with Crippen molar-refractivity contribution in [2.75, 3.05) is 42.9 Å². The van der Waals surface area contributed by atoms with E-state index in [-0.39, 0.29) is 0 Å². The summed E-state index contributed by atoms with van der Waals surface area (Å²) in [6.07, 6.45) is 3.92. The van der Waals surface area contributed by atoms with E-state index in [1.807, 2.05) is 6.07 Å². The van der Waals surface area contributed by atoms with Crippen LogP contribution >= 0.6 is 0 Å². The van der Waals surface area contributed by atoms with Crippen LogP contribution in [0.4, 0.5) is 11.6 Å². The van der Waals surface area contributed by atoms with Crippen molar-refractivity contribution in [2.45, 2.75) is 19.8 Å². The second-order valence-electron chi connectivity index (χ2n) is 4.28. The van der Waals surface area contributed by atoms with Gasteiger partial charge in [-0.15, -0.1) is 0 Å². The zero-order valence-corrected chi connectivity index (χ0v) is 10.4. The van der Waals surface area contributed by atoms with E-state index in [0.717, 1.165) is 50.8 Å². The highest BCUT2D eigenvalue weighted by atomic mass is 15.2. The van der Waals surface area contributed by atoms with Crippen LogP contribution in [0.1, 0.15) is 19.8 Å². The maximum Gasteiger partial charge on any atom is 0.134 e. The third kappa shape index (κ3) is 3.56. The lowest BCUT2D eigenvalue weighted by Crippen LogP contribution is -2.28. The van der Waals surface area contributed by atoms with E-state index in [9.17, 15) is 0 Å². The summed E-state index contributed by atoms with van der Waals surface area (Å²) in [7, 11) is 0. The number of rotatable bonds is 4. The first-order valence-corrected chi connectivity index (χ1v) is 6.41. The summed E-state index contributed by atoms with van der Waals surface area (Å²) in [5.74, 6) is 1.95. The van der Waals surface area contributed by atoms with Crippen LogP contribution < -0.4 is 15.5 Å². The largest absolute Gasteiger partial charge is 0.370 e. The predicted molar refractivity (Wildman–Crippen MR) is 70.5 cm³/mol. The van der Waals surface area contributed by atoms with Crippen LogP contribution in [0, 0.1) is 0 Å². The van der Waals surface area contributed by atoms with Crippen LogP contribution in [0.3, 0.4) is 0 Å². The van der Waals surface area contributed by atoms with Crippen molar-refractivity contribution in [3.05, 3.63) is 12.4 Å². The molecule has 5 heteroatoms. The lowest BCUT2D eigenvalue weighted by atomic mass is 10.3. The molecule has 0 unspecified atom stereocenters. The van der Waals surface area contributed by atoms with Gasteiger partial charge in [-0.2, -0.15) is 0 Å². The molecule has 1 aromatic rings. The van der Waals surface area contributed by atoms with E-state index < -0.39 is 0 Å². The first-order chi connectivity index (χ1) is 8.40. The van der Waals surface area contributed by atoms with E-state index in [0.29, 0.717) is 0 Å². The Bertz CT molecular complexity index is 333. The van der Waals surface area contributed by atoms with E-state index in [1.54, 1.807) is 6.33 Å². The van der Waals surface area contributed by atoms with Crippen molar-refractivity contribution in [3.8, 4) is 0 Å². The molecule has 0 amide bonds. The topological polar surface area (TPSA) is 53.1 Å². The fraction of sp³-hybridized carbons (Fsp3) is 0.667. The monoisotopic (exact) mass is 235 g/mol. The van der Waals surface area contributed by atoms with Crippen LogP contribution in [0.5, 0.6) is 0 Å². The zero-order valence-electron chi connectivity index (χ0n) is 10.4. The molecule has 1 aliphatic rings. The van der Waals surface area contributed by atoms with Gasteiger partial charge in [-0.05, 0) is 19.4 Å². The highest BCUT2D eigenvalue weighted by Gasteiger charge is 2.11. The van der Waals surface area contributed by atoms with Crippen LogP contribution in [0.2, 0.25) is 0 Å². The van der Waals surface area contributed by atoms with Gasteiger partial charge < -0.3 is 15.5 Å². The Morgan fingerprint density at radius 3 is 3.18 bits per heavy atom. The van der Waals surface area contributed by atoms with Gasteiger partial charge in [0.1, 0.15) is 18.0 Å². The van der Waals surface area contributed by atoms with Crippen molar-refractivity contribution >= 4 is 11.6 Å². The minimum atomic E-state index is 0.925. The van der Waals surface area contributed by atoms with Crippen molar-refractivity contribution in [2.24, 2.45) is 0 Å². The second-order valence-corrected chi connectivity index (χ2v) is 4.28. The Hall–Kier alpha value is -1.36. The summed E-state index contributed by atoms with van der Waals surface area (Å²) < 4.78 is 0. The molecule has 0 aromatic carbocycles. The van der Waals surface area contributed by atoms with Crippen LogP contribution in [0.25, 0.3) is 0 Å². The Morgan fingerprint density at radius 1 is 1.35 bits per heavy atom. The third-order valence-corrected chi connectivity index (χ3v) is 2.87. The maximum absolute atomic E-state index is 4.36. The van der Waals surface area contributed by atoms with Gasteiger partial charge in [0.05, 0.1) is 0 Å². The molecule has 17 heavy (non-hydrogen) atoms. The smallest absolute Gasteiger partial charge is 0.134 e. The Kier molecular flexibility index (Phi) is 4.55. The quantitative estimate of drug-likeness (QED) is 0.818. The minimum Gasteiger partial charge on any atom is -0.370 e. The summed E-state index contributed by atoms with van der Waals surface area (Å²) in [6.45, 7) is 7.32. The van der Waals surface area contributed by atoms with Crippen LogP contribution in [0.15, 0.2) is 12.4 Å². The van der Waals surface area contributed by atoms with Gasteiger partial charge in [-0.1, -0.05) is 6.92 Å². The molecule has 2 heterocycles. The van der Waals surface area contributed by atoms with Gasteiger partial charge in [0.25, 0.3) is 0 Å². The van der Waals surface area contributed by atoms with Crippen molar-refractivity contribution in [1.29, 1.82) is 0 Å². The first-order valence-electron chi connectivity index (χ1n) is 6.41. The summed E-state index contributed by atoms with van der Waals surface area (Å²) in [6, 6.07) is 2.04. The van der Waals surface area contributed by atoms with E-state index in [1.165, 1.54) is 6.42 Å². The standard InChI is InChI=1S/C12H21N5/c1-2-4-14-11-9-12(16-10-15-11)17-7-3-5-13-6-8-17/h9-10,13H,2-8H2,1H3,(H,14,15,16). The summed E-state index contributed by atoms with van der Waals surface area (Å²) in [4.78, 5) is 10.9. The van der Waals surface area contributed by atoms with Gasteiger partial charge in [0, 0.05) is 32.2 Å². The highest BCUT2D eigenvalue weighted by Crippen LogP contribution is 2.14. The zero-order chi connectivity index (χ0) is 11.9. The molecule has 2 N–H and O–H groups in total. The molecule has 1 aliphatic heterocycles. The molecule has 2 rings (SSSR count). The number of nitrogens with zero attached hydrogens (tertiary/aromatic N) is 3. The molecule has 1 aromatic heterocycles. The van der Waals surface area contributed by atoms with Gasteiger partial charge in [0.2, 0.25) is 0 Å². The lowest BCUT2D eigenvalue weighted by Gasteiger charge is -2.21. The molecule has 0 bridgehead atoms. The van der Waals surface area contributed by atoms with Gasteiger partial charge in [0.15, 0.2) is 0 Å². The number of anilines is 2. The molecule has 1 fully saturated rings. The van der Waals surface area contributed by atoms with Gasteiger partial charge in [-0.3, -0.25) is 0 Å². The van der Waals surface area contributed by atoms with Gasteiger partial charge in [-0.25, -0.2) is 9.97 Å². The van der Waals surface area contributed by atoms with E-state index in [2.05, 4.69) is 32.4 Å². The average molecular weight is 235 g/mol. The van der Waals surface area contributed by atoms with E-state index >= 15 is 0 Å². The van der Waals surface area contributed by atoms with E-state index in [4.69, 9.17) is 0 Å². The molecule has 0 spiro atoms. The molecule has 0 atom stereocenters. The lowest BCUT2D eigenvalue weighted by molar-refractivity contribution is 0.724. The fourth-order valence-corrected chi connectivity index (χ4v) is 1.94. The number of hydrogen-bond donors (Lipinski definition) is 2. The number of hydrogen-bond acceptors (Lipinski definition) is 5. The molecule has 1 saturated heterocycles. The number of aromatic nitrogens is 2. The average Bonchev–Trinajstić information content (AvgIpc) is 2.65. The van der Waals surface area contributed by atoms with Gasteiger partial charge >= 0.3 is 0 Å². The highest BCUT2D eigenvalue weighted by molar-refractivity contribution is 5.48. The van der Waals surface area contributed by atoms with Crippen molar-refractivity contribution in [3.63, 3.8) is 0 Å². The molecule has 5 nitrogen and oxygen atoms in total. The molecule has 0 saturated carbocycles. The molecular weight excluding hydrogens is 214 g/mol. The predicted octanol–water partition coefficient (Wildman–Crippen LogP) is 1.10. The normalized spacial score (nSPS) is 16.6. The molecule has 94 valence electrons. The minimum absolute atomic E-state index is 0.925. The molecule has 0 aliphatic carbocycles. The SMILES string of the molecule is CCCNc1cc(N2CCCNCC2)ncn1. The summed E-state index contributed by atoms with van der Waals surface area (Å²) in [5, 5.41) is 6.69. The molecule has 0 radical (unpaired) electrons.